The highest BCUT2D eigenvalue weighted by Crippen LogP contribution is 2.38. The molecule has 2 aliphatic rings. The van der Waals surface area contributed by atoms with E-state index < -0.39 is 39.2 Å². The lowest BCUT2D eigenvalue weighted by Crippen LogP contribution is -2.71. The Morgan fingerprint density at radius 1 is 1.12 bits per heavy atom. The average molecular weight is 473 g/mol. The quantitative estimate of drug-likeness (QED) is 0.517. The van der Waals surface area contributed by atoms with Gasteiger partial charge >= 0.3 is 6.03 Å². The Bertz CT molecular complexity index is 1220. The number of ether oxygens (including phenoxy) is 1. The number of amides is 5. The number of sulfonamides is 1. The van der Waals surface area contributed by atoms with Crippen LogP contribution in [0.2, 0.25) is 0 Å². The first-order valence-corrected chi connectivity index (χ1v) is 11.4. The summed E-state index contributed by atoms with van der Waals surface area (Å²) in [5.41, 5.74) is -1.27. The Balaban J connectivity index is 1.55. The number of barbiturate groups is 1. The Morgan fingerprint density at radius 2 is 1.79 bits per heavy atom. The summed E-state index contributed by atoms with van der Waals surface area (Å²) < 4.78 is 31.8. The standard InChI is InChI=1S/C20H19N5O7S/c1-12(26)21-10-13-2-5-15(6-3-13)32-16-7-4-14(11-22-16)25-20(8-9-33(25,30)31)17(27)23-19(29)24-18(20)28/h2-7,11H,8-10H2,1H3,(H,21,26)(H2,23,24,27,28,29). The molecule has 13 heteroatoms. The maximum atomic E-state index is 12.7. The lowest BCUT2D eigenvalue weighted by atomic mass is 9.92. The molecule has 2 saturated heterocycles. The van der Waals surface area contributed by atoms with Crippen LogP contribution in [0.4, 0.5) is 10.5 Å². The van der Waals surface area contributed by atoms with Gasteiger partial charge in [-0.2, -0.15) is 0 Å². The number of anilines is 1. The van der Waals surface area contributed by atoms with Crippen molar-refractivity contribution < 1.29 is 32.3 Å². The molecule has 5 amide bonds. The summed E-state index contributed by atoms with van der Waals surface area (Å²) in [6.45, 7) is 1.80. The van der Waals surface area contributed by atoms with E-state index in [2.05, 4.69) is 10.3 Å². The van der Waals surface area contributed by atoms with E-state index in [0.717, 1.165) is 5.56 Å². The third-order valence-electron chi connectivity index (χ3n) is 5.19. The van der Waals surface area contributed by atoms with E-state index in [4.69, 9.17) is 4.74 Å². The molecule has 12 nitrogen and oxygen atoms in total. The highest BCUT2D eigenvalue weighted by Gasteiger charge is 2.62. The summed E-state index contributed by atoms with van der Waals surface area (Å²) in [4.78, 5) is 51.7. The Morgan fingerprint density at radius 3 is 2.36 bits per heavy atom. The van der Waals surface area contributed by atoms with Gasteiger partial charge in [0.1, 0.15) is 5.75 Å². The molecular weight excluding hydrogens is 454 g/mol. The zero-order valence-corrected chi connectivity index (χ0v) is 18.1. The molecule has 0 bridgehead atoms. The number of carbonyl (C=O) groups is 4. The lowest BCUT2D eigenvalue weighted by Gasteiger charge is -2.37. The minimum Gasteiger partial charge on any atom is -0.439 e. The van der Waals surface area contributed by atoms with Crippen LogP contribution in [0.3, 0.4) is 0 Å². The number of nitrogens with one attached hydrogen (secondary N) is 3. The molecule has 0 saturated carbocycles. The second kappa shape index (κ2) is 8.16. The fraction of sp³-hybridized carbons (Fsp3) is 0.250. The van der Waals surface area contributed by atoms with Gasteiger partial charge in [0.25, 0.3) is 11.8 Å². The number of imide groups is 2. The topological polar surface area (TPSA) is 164 Å². The van der Waals surface area contributed by atoms with Crippen LogP contribution in [-0.2, 0) is 31.0 Å². The van der Waals surface area contributed by atoms with Crippen LogP contribution in [0.25, 0.3) is 0 Å². The van der Waals surface area contributed by atoms with Crippen LogP contribution in [-0.4, -0.2) is 48.4 Å². The van der Waals surface area contributed by atoms with Crippen molar-refractivity contribution in [2.75, 3.05) is 10.1 Å². The summed E-state index contributed by atoms with van der Waals surface area (Å²) >= 11 is 0. The molecule has 0 aliphatic carbocycles. The van der Waals surface area contributed by atoms with E-state index in [9.17, 15) is 27.6 Å². The van der Waals surface area contributed by atoms with Crippen molar-refractivity contribution in [3.8, 4) is 11.6 Å². The van der Waals surface area contributed by atoms with E-state index in [1.165, 1.54) is 25.3 Å². The number of benzene rings is 1. The van der Waals surface area contributed by atoms with E-state index >= 15 is 0 Å². The number of hydrogen-bond donors (Lipinski definition) is 3. The Kier molecular flexibility index (Phi) is 5.49. The molecule has 1 aromatic heterocycles. The van der Waals surface area contributed by atoms with Gasteiger partial charge in [0.05, 0.1) is 17.6 Å². The molecule has 1 spiro atoms. The second-order valence-electron chi connectivity index (χ2n) is 7.44. The number of nitrogens with zero attached hydrogens (tertiary/aromatic N) is 2. The molecule has 33 heavy (non-hydrogen) atoms. The van der Waals surface area contributed by atoms with Gasteiger partial charge in [-0.25, -0.2) is 22.5 Å². The molecule has 0 unspecified atom stereocenters. The number of urea groups is 1. The maximum absolute atomic E-state index is 12.7. The first-order valence-electron chi connectivity index (χ1n) is 9.79. The van der Waals surface area contributed by atoms with E-state index in [0.29, 0.717) is 16.6 Å². The third kappa shape index (κ3) is 4.09. The van der Waals surface area contributed by atoms with Crippen molar-refractivity contribution in [1.29, 1.82) is 0 Å². The van der Waals surface area contributed by atoms with Crippen LogP contribution < -0.4 is 25.0 Å². The molecule has 172 valence electrons. The highest BCUT2D eigenvalue weighted by molar-refractivity contribution is 7.93. The number of carbonyl (C=O) groups excluding carboxylic acids is 4. The highest BCUT2D eigenvalue weighted by atomic mass is 32.2. The predicted molar refractivity (Wildman–Crippen MR) is 114 cm³/mol. The van der Waals surface area contributed by atoms with Gasteiger partial charge in [0, 0.05) is 26.0 Å². The fourth-order valence-electron chi connectivity index (χ4n) is 3.62. The summed E-state index contributed by atoms with van der Waals surface area (Å²) in [7, 11) is -4.03. The van der Waals surface area contributed by atoms with Crippen molar-refractivity contribution in [3.63, 3.8) is 0 Å². The van der Waals surface area contributed by atoms with Gasteiger partial charge < -0.3 is 10.1 Å². The van der Waals surface area contributed by atoms with Crippen LogP contribution in [0.1, 0.15) is 18.9 Å². The van der Waals surface area contributed by atoms with Crippen molar-refractivity contribution in [2.45, 2.75) is 25.4 Å². The molecule has 2 aromatic rings. The molecular formula is C20H19N5O7S. The van der Waals surface area contributed by atoms with Crippen LogP contribution in [0.5, 0.6) is 11.6 Å². The third-order valence-corrected chi connectivity index (χ3v) is 6.99. The van der Waals surface area contributed by atoms with Gasteiger partial charge in [0.15, 0.2) is 0 Å². The van der Waals surface area contributed by atoms with Crippen LogP contribution in [0.15, 0.2) is 42.6 Å². The SMILES string of the molecule is CC(=O)NCc1ccc(Oc2ccc(N3C4(CCS3(=O)=O)C(=O)NC(=O)NC4=O)cn2)cc1. The van der Waals surface area contributed by atoms with Crippen LogP contribution in [0, 0.1) is 0 Å². The van der Waals surface area contributed by atoms with Gasteiger partial charge in [-0.3, -0.25) is 25.0 Å². The van der Waals surface area contributed by atoms with Crippen molar-refractivity contribution >= 4 is 39.5 Å². The molecule has 2 aliphatic heterocycles. The van der Waals surface area contributed by atoms with Crippen molar-refractivity contribution in [2.24, 2.45) is 0 Å². The minimum atomic E-state index is -4.03. The summed E-state index contributed by atoms with van der Waals surface area (Å²) in [6, 6.07) is 8.63. The molecule has 0 radical (unpaired) electrons. The zero-order chi connectivity index (χ0) is 23.8. The summed E-state index contributed by atoms with van der Waals surface area (Å²) in [5.74, 6) is -2.03. The van der Waals surface area contributed by atoms with Gasteiger partial charge in [0.2, 0.25) is 27.3 Å². The summed E-state index contributed by atoms with van der Waals surface area (Å²) in [6.07, 6.45) is 0.853. The monoisotopic (exact) mass is 473 g/mol. The molecule has 3 heterocycles. The number of rotatable bonds is 5. The number of aromatic nitrogens is 1. The van der Waals surface area contributed by atoms with Crippen LogP contribution >= 0.6 is 0 Å². The number of hydrogen-bond acceptors (Lipinski definition) is 8. The van der Waals surface area contributed by atoms with E-state index in [1.54, 1.807) is 24.3 Å². The van der Waals surface area contributed by atoms with E-state index in [-0.39, 0.29) is 23.9 Å². The molecule has 3 N–H and O–H groups in total. The molecule has 2 fully saturated rings. The second-order valence-corrected chi connectivity index (χ2v) is 9.38. The average Bonchev–Trinajstić information content (AvgIpc) is 3.04. The lowest BCUT2D eigenvalue weighted by molar-refractivity contribution is -0.137. The Hall–Kier alpha value is -4.00. The normalized spacial score (nSPS) is 18.6. The van der Waals surface area contributed by atoms with Gasteiger partial charge in [-0.1, -0.05) is 12.1 Å². The predicted octanol–water partition coefficient (Wildman–Crippen LogP) is 0.155. The molecule has 0 atom stereocenters. The van der Waals surface area contributed by atoms with Gasteiger partial charge in [-0.05, 0) is 23.8 Å². The fourth-order valence-corrected chi connectivity index (χ4v) is 5.52. The first kappa shape index (κ1) is 22.2. The summed E-state index contributed by atoms with van der Waals surface area (Å²) in [5, 5.41) is 6.60. The van der Waals surface area contributed by atoms with Gasteiger partial charge in [-0.15, -0.1) is 0 Å². The molecule has 4 rings (SSSR count). The minimum absolute atomic E-state index is 0.0230. The first-order chi connectivity index (χ1) is 15.6. The van der Waals surface area contributed by atoms with E-state index in [1.807, 2.05) is 10.6 Å². The molecule has 1 aromatic carbocycles. The number of pyridine rings is 1. The maximum Gasteiger partial charge on any atom is 0.328 e. The van der Waals surface area contributed by atoms with Crippen molar-refractivity contribution in [3.05, 3.63) is 48.2 Å². The zero-order valence-electron chi connectivity index (χ0n) is 17.3. The van der Waals surface area contributed by atoms with Crippen molar-refractivity contribution in [1.82, 2.24) is 20.9 Å². The smallest absolute Gasteiger partial charge is 0.328 e. The largest absolute Gasteiger partial charge is 0.439 e. The Labute approximate surface area is 188 Å².